The van der Waals surface area contributed by atoms with Crippen molar-refractivity contribution >= 4 is 40.8 Å². The van der Waals surface area contributed by atoms with E-state index in [1.807, 2.05) is 24.3 Å². The van der Waals surface area contributed by atoms with Gasteiger partial charge in [0.2, 0.25) is 0 Å². The SMILES string of the molecule is CCC(C)c1ccccc1NC(=O)COC(=O)Cc1ccc(Cl)cc1Cl. The van der Waals surface area contributed by atoms with Crippen LogP contribution in [0.15, 0.2) is 42.5 Å². The van der Waals surface area contributed by atoms with Gasteiger partial charge in [0.15, 0.2) is 6.61 Å². The minimum Gasteiger partial charge on any atom is -0.455 e. The van der Waals surface area contributed by atoms with Crippen molar-refractivity contribution < 1.29 is 14.3 Å². The number of hydrogen-bond acceptors (Lipinski definition) is 3. The highest BCUT2D eigenvalue weighted by atomic mass is 35.5. The summed E-state index contributed by atoms with van der Waals surface area (Å²) in [5, 5.41) is 3.69. The second kappa shape index (κ2) is 9.60. The standard InChI is InChI=1S/C20H21Cl2NO3/c1-3-13(2)16-6-4-5-7-18(16)23-19(24)12-26-20(25)10-14-8-9-15(21)11-17(14)22/h4-9,11,13H,3,10,12H2,1-2H3,(H,23,24). The van der Waals surface area contributed by atoms with Gasteiger partial charge in [-0.05, 0) is 41.7 Å². The van der Waals surface area contributed by atoms with Gasteiger partial charge in [0.25, 0.3) is 5.91 Å². The first-order chi connectivity index (χ1) is 12.4. The fourth-order valence-electron chi connectivity index (χ4n) is 2.46. The van der Waals surface area contributed by atoms with E-state index in [9.17, 15) is 9.59 Å². The van der Waals surface area contributed by atoms with Crippen molar-refractivity contribution in [3.05, 3.63) is 63.6 Å². The van der Waals surface area contributed by atoms with Crippen molar-refractivity contribution in [2.75, 3.05) is 11.9 Å². The number of anilines is 1. The summed E-state index contributed by atoms with van der Waals surface area (Å²) in [4.78, 5) is 24.0. The lowest BCUT2D eigenvalue weighted by Crippen LogP contribution is -2.22. The molecular formula is C20H21Cl2NO3. The van der Waals surface area contributed by atoms with E-state index in [0.717, 1.165) is 17.7 Å². The molecule has 4 nitrogen and oxygen atoms in total. The second-order valence-corrected chi connectivity index (χ2v) is 6.86. The topological polar surface area (TPSA) is 55.4 Å². The fraction of sp³-hybridized carbons (Fsp3) is 0.300. The van der Waals surface area contributed by atoms with Crippen LogP contribution in [0, 0.1) is 0 Å². The van der Waals surface area contributed by atoms with Crippen LogP contribution in [0.4, 0.5) is 5.69 Å². The largest absolute Gasteiger partial charge is 0.455 e. The first kappa shape index (κ1) is 20.3. The Kier molecular flexibility index (Phi) is 7.49. The van der Waals surface area contributed by atoms with E-state index in [0.29, 0.717) is 21.5 Å². The van der Waals surface area contributed by atoms with Gasteiger partial charge in [-0.25, -0.2) is 0 Å². The molecule has 0 aliphatic heterocycles. The molecular weight excluding hydrogens is 373 g/mol. The van der Waals surface area contributed by atoms with Crippen molar-refractivity contribution in [1.82, 2.24) is 0 Å². The number of rotatable bonds is 7. The zero-order valence-corrected chi connectivity index (χ0v) is 16.2. The minimum absolute atomic E-state index is 0.0211. The van der Waals surface area contributed by atoms with E-state index >= 15 is 0 Å². The van der Waals surface area contributed by atoms with Crippen LogP contribution in [0.2, 0.25) is 10.0 Å². The summed E-state index contributed by atoms with van der Waals surface area (Å²) < 4.78 is 5.05. The number of benzene rings is 2. The van der Waals surface area contributed by atoms with Gasteiger partial charge in [0.1, 0.15) is 0 Å². The number of esters is 1. The molecule has 26 heavy (non-hydrogen) atoms. The third-order valence-corrected chi connectivity index (χ3v) is 4.68. The molecule has 0 spiro atoms. The Morgan fingerprint density at radius 3 is 2.58 bits per heavy atom. The lowest BCUT2D eigenvalue weighted by atomic mass is 9.97. The average molecular weight is 394 g/mol. The molecule has 1 unspecified atom stereocenters. The third kappa shape index (κ3) is 5.75. The molecule has 0 bridgehead atoms. The highest BCUT2D eigenvalue weighted by Crippen LogP contribution is 2.26. The minimum atomic E-state index is -0.528. The first-order valence-electron chi connectivity index (χ1n) is 8.39. The zero-order chi connectivity index (χ0) is 19.1. The highest BCUT2D eigenvalue weighted by Gasteiger charge is 2.14. The quantitative estimate of drug-likeness (QED) is 0.654. The van der Waals surface area contributed by atoms with Crippen LogP contribution >= 0.6 is 23.2 Å². The molecule has 0 radical (unpaired) electrons. The maximum absolute atomic E-state index is 12.1. The number of amides is 1. The summed E-state index contributed by atoms with van der Waals surface area (Å²) in [5.41, 5.74) is 2.40. The summed E-state index contributed by atoms with van der Waals surface area (Å²) in [6, 6.07) is 12.5. The second-order valence-electron chi connectivity index (χ2n) is 6.02. The molecule has 0 saturated carbocycles. The molecule has 6 heteroatoms. The van der Waals surface area contributed by atoms with E-state index < -0.39 is 5.97 Å². The molecule has 2 rings (SSSR count). The van der Waals surface area contributed by atoms with Gasteiger partial charge >= 0.3 is 5.97 Å². The highest BCUT2D eigenvalue weighted by molar-refractivity contribution is 6.35. The van der Waals surface area contributed by atoms with Crippen molar-refractivity contribution in [3.8, 4) is 0 Å². The fourth-order valence-corrected chi connectivity index (χ4v) is 2.94. The van der Waals surface area contributed by atoms with E-state index in [1.165, 1.54) is 0 Å². The molecule has 0 saturated heterocycles. The maximum Gasteiger partial charge on any atom is 0.310 e. The number of nitrogens with one attached hydrogen (secondary N) is 1. The Morgan fingerprint density at radius 1 is 1.15 bits per heavy atom. The Hall–Kier alpha value is -2.04. The number of carbonyl (C=O) groups is 2. The molecule has 1 amide bonds. The van der Waals surface area contributed by atoms with Gasteiger partial charge in [-0.15, -0.1) is 0 Å². The molecule has 0 aromatic heterocycles. The van der Waals surface area contributed by atoms with E-state index in [4.69, 9.17) is 27.9 Å². The van der Waals surface area contributed by atoms with Crippen molar-refractivity contribution in [1.29, 1.82) is 0 Å². The smallest absolute Gasteiger partial charge is 0.310 e. The predicted octanol–water partition coefficient (Wildman–Crippen LogP) is 5.23. The lowest BCUT2D eigenvalue weighted by Gasteiger charge is -2.15. The van der Waals surface area contributed by atoms with E-state index in [1.54, 1.807) is 18.2 Å². The van der Waals surface area contributed by atoms with Crippen LogP contribution in [0.5, 0.6) is 0 Å². The maximum atomic E-state index is 12.1. The summed E-state index contributed by atoms with van der Waals surface area (Å²) in [5.74, 6) is -0.586. The third-order valence-electron chi connectivity index (χ3n) is 4.09. The Labute approximate surface area is 163 Å². The molecule has 0 fully saturated rings. The van der Waals surface area contributed by atoms with Gasteiger partial charge in [0, 0.05) is 15.7 Å². The van der Waals surface area contributed by atoms with Gasteiger partial charge in [0.05, 0.1) is 6.42 Å². The number of halogens is 2. The summed E-state index contributed by atoms with van der Waals surface area (Å²) >= 11 is 11.9. The molecule has 2 aromatic carbocycles. The van der Waals surface area contributed by atoms with E-state index in [2.05, 4.69) is 19.2 Å². The summed E-state index contributed by atoms with van der Waals surface area (Å²) in [6.45, 7) is 3.84. The number of hydrogen-bond donors (Lipinski definition) is 1. The van der Waals surface area contributed by atoms with Crippen LogP contribution in [0.25, 0.3) is 0 Å². The zero-order valence-electron chi connectivity index (χ0n) is 14.7. The van der Waals surface area contributed by atoms with Crippen LogP contribution < -0.4 is 5.32 Å². The lowest BCUT2D eigenvalue weighted by molar-refractivity contribution is -0.146. The molecule has 2 aromatic rings. The molecule has 1 atom stereocenters. The van der Waals surface area contributed by atoms with Crippen molar-refractivity contribution in [2.45, 2.75) is 32.6 Å². The van der Waals surface area contributed by atoms with Gasteiger partial charge in [-0.2, -0.15) is 0 Å². The van der Waals surface area contributed by atoms with E-state index in [-0.39, 0.29) is 18.9 Å². The molecule has 0 heterocycles. The predicted molar refractivity (Wildman–Crippen MR) is 105 cm³/mol. The number of carbonyl (C=O) groups excluding carboxylic acids is 2. The normalized spacial score (nSPS) is 11.7. The van der Waals surface area contributed by atoms with Gasteiger partial charge < -0.3 is 10.1 Å². The van der Waals surface area contributed by atoms with Gasteiger partial charge in [-0.3, -0.25) is 9.59 Å². The number of ether oxygens (including phenoxy) is 1. The Morgan fingerprint density at radius 2 is 1.88 bits per heavy atom. The molecule has 0 aliphatic carbocycles. The van der Waals surface area contributed by atoms with Gasteiger partial charge in [-0.1, -0.05) is 61.3 Å². The van der Waals surface area contributed by atoms with Crippen LogP contribution in [0.3, 0.4) is 0 Å². The molecule has 138 valence electrons. The summed E-state index contributed by atoms with van der Waals surface area (Å²) in [7, 11) is 0. The number of para-hydroxylation sites is 1. The monoisotopic (exact) mass is 393 g/mol. The first-order valence-corrected chi connectivity index (χ1v) is 9.14. The Balaban J connectivity index is 1.90. The average Bonchev–Trinajstić information content (AvgIpc) is 2.62. The molecule has 0 aliphatic rings. The molecule has 1 N–H and O–H groups in total. The van der Waals surface area contributed by atoms with Crippen LogP contribution in [0.1, 0.15) is 37.3 Å². The van der Waals surface area contributed by atoms with Crippen molar-refractivity contribution in [3.63, 3.8) is 0 Å². The van der Waals surface area contributed by atoms with Crippen LogP contribution in [-0.2, 0) is 20.7 Å². The Bertz CT molecular complexity index is 792. The van der Waals surface area contributed by atoms with Crippen LogP contribution in [-0.4, -0.2) is 18.5 Å². The summed E-state index contributed by atoms with van der Waals surface area (Å²) in [6.07, 6.45) is 0.941. The van der Waals surface area contributed by atoms with Crippen molar-refractivity contribution in [2.24, 2.45) is 0 Å².